The van der Waals surface area contributed by atoms with Crippen molar-refractivity contribution in [2.75, 3.05) is 28.3 Å². The Morgan fingerprint density at radius 3 is 2.54 bits per heavy atom. The van der Waals surface area contributed by atoms with Gasteiger partial charge in [0.15, 0.2) is 5.69 Å². The number of rotatable bonds is 5. The minimum absolute atomic E-state index is 0.000388. The van der Waals surface area contributed by atoms with Crippen LogP contribution in [0.25, 0.3) is 0 Å². The number of nitrogens with zero attached hydrogens (tertiary/aromatic N) is 4. The first-order valence-corrected chi connectivity index (χ1v) is 11.7. The molecule has 2 N–H and O–H groups in total. The molecule has 0 fully saturated rings. The zero-order valence-corrected chi connectivity index (χ0v) is 21.8. The SMILES string of the molecule is CO[C@@]1(C)CC[C@@H](N(C)C(=O)C(=O)N(C)C)c2nc(C(=O)NCc3ccc(F)c(C)c3)c(O)c(=O)n2C1. The number of aromatic nitrogens is 2. The van der Waals surface area contributed by atoms with E-state index in [0.717, 1.165) is 4.90 Å². The van der Waals surface area contributed by atoms with E-state index in [1.807, 2.05) is 0 Å². The van der Waals surface area contributed by atoms with Gasteiger partial charge in [0.05, 0.1) is 18.2 Å². The number of amides is 3. The molecule has 3 rings (SSSR count). The highest BCUT2D eigenvalue weighted by Crippen LogP contribution is 2.34. The lowest BCUT2D eigenvalue weighted by Crippen LogP contribution is -2.43. The van der Waals surface area contributed by atoms with Crippen molar-refractivity contribution in [2.45, 2.75) is 51.4 Å². The third kappa shape index (κ3) is 5.63. The minimum Gasteiger partial charge on any atom is -0.501 e. The van der Waals surface area contributed by atoms with Crippen molar-refractivity contribution in [3.63, 3.8) is 0 Å². The summed E-state index contributed by atoms with van der Waals surface area (Å²) in [6.07, 6.45) is 0.678. The molecule has 0 saturated carbocycles. The highest BCUT2D eigenvalue weighted by molar-refractivity contribution is 6.34. The van der Waals surface area contributed by atoms with Crippen molar-refractivity contribution in [1.29, 1.82) is 0 Å². The highest BCUT2D eigenvalue weighted by Gasteiger charge is 2.39. The Morgan fingerprint density at radius 2 is 1.95 bits per heavy atom. The molecule has 2 atom stereocenters. The third-order valence-corrected chi connectivity index (χ3v) is 6.67. The molecule has 0 bridgehead atoms. The second-order valence-electron chi connectivity index (χ2n) is 9.65. The first-order chi connectivity index (χ1) is 17.3. The average Bonchev–Trinajstić information content (AvgIpc) is 3.02. The Bertz CT molecular complexity index is 1290. The van der Waals surface area contributed by atoms with E-state index in [2.05, 4.69) is 10.3 Å². The maximum atomic E-state index is 13.6. The Kier molecular flexibility index (Phi) is 8.01. The number of aromatic hydroxyl groups is 1. The van der Waals surface area contributed by atoms with Crippen LogP contribution < -0.4 is 10.9 Å². The van der Waals surface area contributed by atoms with Gasteiger partial charge in [-0.2, -0.15) is 0 Å². The second-order valence-corrected chi connectivity index (χ2v) is 9.65. The fourth-order valence-electron chi connectivity index (χ4n) is 4.21. The molecule has 11 nitrogen and oxygen atoms in total. The van der Waals surface area contributed by atoms with E-state index in [0.29, 0.717) is 17.5 Å². The van der Waals surface area contributed by atoms with E-state index in [4.69, 9.17) is 4.74 Å². The maximum absolute atomic E-state index is 13.6. The molecular formula is C25H32FN5O6. The molecule has 37 heavy (non-hydrogen) atoms. The largest absolute Gasteiger partial charge is 0.501 e. The highest BCUT2D eigenvalue weighted by atomic mass is 19.1. The normalized spacial score (nSPS) is 18.9. The standard InChI is InChI=1S/C25H32FN5O6/c1-14-11-15(7-8-16(14)26)12-27-21(33)18-19(32)22(34)31-13-25(2,37-6)10-9-17(20(31)28-18)30(5)24(36)23(35)29(3)4/h7-8,11,17,32H,9-10,12-13H2,1-6H3,(H,27,33)/t17-,25+/m1/s1. The van der Waals surface area contributed by atoms with Crippen molar-refractivity contribution in [3.05, 3.63) is 57.0 Å². The van der Waals surface area contributed by atoms with E-state index < -0.39 is 46.4 Å². The molecule has 200 valence electrons. The van der Waals surface area contributed by atoms with Gasteiger partial charge in [0.25, 0.3) is 11.5 Å². The van der Waals surface area contributed by atoms with Crippen LogP contribution in [0, 0.1) is 12.7 Å². The maximum Gasteiger partial charge on any atom is 0.312 e. The molecule has 2 aromatic rings. The van der Waals surface area contributed by atoms with Gasteiger partial charge in [-0.15, -0.1) is 0 Å². The van der Waals surface area contributed by atoms with Gasteiger partial charge < -0.3 is 25.0 Å². The van der Waals surface area contributed by atoms with Crippen LogP contribution in [0.3, 0.4) is 0 Å². The lowest BCUT2D eigenvalue weighted by atomic mass is 9.98. The number of methoxy groups -OCH3 is 1. The van der Waals surface area contributed by atoms with E-state index in [1.54, 1.807) is 19.9 Å². The molecule has 0 spiro atoms. The zero-order chi connectivity index (χ0) is 27.7. The van der Waals surface area contributed by atoms with Crippen LogP contribution in [0.1, 0.15) is 53.2 Å². The molecule has 0 aliphatic carbocycles. The van der Waals surface area contributed by atoms with Crippen molar-refractivity contribution < 1.29 is 28.6 Å². The first kappa shape index (κ1) is 27.8. The molecule has 0 unspecified atom stereocenters. The number of carbonyl (C=O) groups is 3. The van der Waals surface area contributed by atoms with Gasteiger partial charge >= 0.3 is 11.8 Å². The van der Waals surface area contributed by atoms with Crippen molar-refractivity contribution in [3.8, 4) is 5.75 Å². The van der Waals surface area contributed by atoms with Gasteiger partial charge in [-0.05, 0) is 43.9 Å². The van der Waals surface area contributed by atoms with E-state index >= 15 is 0 Å². The summed E-state index contributed by atoms with van der Waals surface area (Å²) in [7, 11) is 5.80. The summed E-state index contributed by atoms with van der Waals surface area (Å²) in [6, 6.07) is 3.50. The monoisotopic (exact) mass is 517 g/mol. The molecule has 2 heterocycles. The summed E-state index contributed by atoms with van der Waals surface area (Å²) >= 11 is 0. The van der Waals surface area contributed by atoms with Crippen LogP contribution in [0.2, 0.25) is 0 Å². The van der Waals surface area contributed by atoms with Crippen molar-refractivity contribution in [1.82, 2.24) is 24.7 Å². The summed E-state index contributed by atoms with van der Waals surface area (Å²) in [5, 5.41) is 13.2. The van der Waals surface area contributed by atoms with Crippen LogP contribution >= 0.6 is 0 Å². The number of likely N-dealkylation sites (N-methyl/N-ethyl adjacent to an activating group) is 2. The predicted octanol–water partition coefficient (Wildman–Crippen LogP) is 1.11. The molecule has 12 heteroatoms. The molecule has 1 aromatic carbocycles. The first-order valence-electron chi connectivity index (χ1n) is 11.7. The summed E-state index contributed by atoms with van der Waals surface area (Å²) in [4.78, 5) is 58.1. The molecule has 1 aromatic heterocycles. The third-order valence-electron chi connectivity index (χ3n) is 6.67. The lowest BCUT2D eigenvalue weighted by Gasteiger charge is -2.28. The molecule has 1 aliphatic rings. The Labute approximate surface area is 213 Å². The quantitative estimate of drug-likeness (QED) is 0.568. The fraction of sp³-hybridized carbons (Fsp3) is 0.480. The molecule has 0 saturated heterocycles. The van der Waals surface area contributed by atoms with Gasteiger partial charge in [0.1, 0.15) is 11.6 Å². The minimum atomic E-state index is -0.872. The lowest BCUT2D eigenvalue weighted by molar-refractivity contribution is -0.151. The van der Waals surface area contributed by atoms with Crippen LogP contribution in [0.5, 0.6) is 5.75 Å². The van der Waals surface area contributed by atoms with Gasteiger partial charge in [-0.25, -0.2) is 9.37 Å². The van der Waals surface area contributed by atoms with Crippen LogP contribution in [0.15, 0.2) is 23.0 Å². The average molecular weight is 518 g/mol. The summed E-state index contributed by atoms with van der Waals surface area (Å²) < 4.78 is 20.4. The van der Waals surface area contributed by atoms with Crippen molar-refractivity contribution in [2.24, 2.45) is 0 Å². The second kappa shape index (κ2) is 10.7. The van der Waals surface area contributed by atoms with Gasteiger partial charge in [-0.1, -0.05) is 12.1 Å². The number of fused-ring (bicyclic) bond motifs is 1. The van der Waals surface area contributed by atoms with E-state index in [9.17, 15) is 28.7 Å². The molecular weight excluding hydrogens is 485 g/mol. The molecule has 3 amide bonds. The molecule has 0 radical (unpaired) electrons. The van der Waals surface area contributed by atoms with Crippen molar-refractivity contribution >= 4 is 17.7 Å². The Balaban J connectivity index is 2.04. The fourth-order valence-corrected chi connectivity index (χ4v) is 4.21. The number of ether oxygens (including phenoxy) is 1. The van der Waals surface area contributed by atoms with Crippen LogP contribution in [0.4, 0.5) is 4.39 Å². The van der Waals surface area contributed by atoms with E-state index in [-0.39, 0.29) is 31.2 Å². The summed E-state index contributed by atoms with van der Waals surface area (Å²) in [6.45, 7) is 3.38. The number of halogens is 1. The molecule has 1 aliphatic heterocycles. The number of hydrogen-bond donors (Lipinski definition) is 2. The van der Waals surface area contributed by atoms with Crippen LogP contribution in [-0.2, 0) is 27.4 Å². The zero-order valence-electron chi connectivity index (χ0n) is 21.8. The van der Waals surface area contributed by atoms with Gasteiger partial charge in [-0.3, -0.25) is 23.7 Å². The summed E-state index contributed by atoms with van der Waals surface area (Å²) in [5.41, 5.74) is -1.20. The number of carbonyl (C=O) groups excluding carboxylic acids is 3. The van der Waals surface area contributed by atoms with E-state index in [1.165, 1.54) is 49.9 Å². The van der Waals surface area contributed by atoms with Gasteiger partial charge in [0, 0.05) is 34.8 Å². The topological polar surface area (TPSA) is 134 Å². The number of benzene rings is 1. The number of aryl methyl sites for hydroxylation is 1. The van der Waals surface area contributed by atoms with Crippen LogP contribution in [-0.4, -0.2) is 76.0 Å². The Morgan fingerprint density at radius 1 is 1.27 bits per heavy atom. The smallest absolute Gasteiger partial charge is 0.312 e. The number of nitrogens with one attached hydrogen (secondary N) is 1. The predicted molar refractivity (Wildman–Crippen MR) is 131 cm³/mol. The number of hydrogen-bond acceptors (Lipinski definition) is 7. The van der Waals surface area contributed by atoms with Gasteiger partial charge in [0.2, 0.25) is 5.75 Å². The summed E-state index contributed by atoms with van der Waals surface area (Å²) in [5.74, 6) is -3.59. The Hall–Kier alpha value is -3.80.